The molecule has 0 fully saturated rings. The van der Waals surface area contributed by atoms with Crippen molar-refractivity contribution in [1.82, 2.24) is 0 Å². The summed E-state index contributed by atoms with van der Waals surface area (Å²) in [6, 6.07) is 0. The van der Waals surface area contributed by atoms with Crippen LogP contribution in [-0.2, 0) is 0 Å². The van der Waals surface area contributed by atoms with E-state index < -0.39 is 13.8 Å². The van der Waals surface area contributed by atoms with Crippen LogP contribution in [0.1, 0.15) is 0 Å². The maximum absolute atomic E-state index is 10.6. The van der Waals surface area contributed by atoms with Gasteiger partial charge in [-0.25, -0.2) is 0 Å². The van der Waals surface area contributed by atoms with Crippen LogP contribution in [0.4, 0.5) is 30.0 Å². The summed E-state index contributed by atoms with van der Waals surface area (Å²) in [7, 11) is -9.54. The predicted molar refractivity (Wildman–Crippen MR) is 18.8 cm³/mol. The summed E-state index contributed by atoms with van der Waals surface area (Å²) in [5.74, 6) is -6.64. The van der Waals surface area contributed by atoms with Crippen LogP contribution in [0.5, 0.6) is 0 Å². The summed E-state index contributed by atoms with van der Waals surface area (Å²) >= 11 is 0. The first-order valence-corrected chi connectivity index (χ1v) is 3.58. The molecule has 0 N–H and O–H groups in total. The summed E-state index contributed by atoms with van der Waals surface area (Å²) in [5.41, 5.74) is 0. The molecule has 60 valence electrons. The van der Waals surface area contributed by atoms with E-state index in [0.717, 1.165) is 0 Å². The van der Waals surface area contributed by atoms with E-state index in [-0.39, 0.29) is 0 Å². The number of hydrogen-bond donors (Lipinski definition) is 0. The fourth-order valence-electron chi connectivity index (χ4n) is 0. The van der Waals surface area contributed by atoms with E-state index in [1.165, 1.54) is 0 Å². The molecule has 0 aliphatic carbocycles. The van der Waals surface area contributed by atoms with Gasteiger partial charge in [0.05, 0.1) is 0 Å². The Bertz CT molecular complexity index is 104. The van der Waals surface area contributed by atoms with Crippen LogP contribution in [0.25, 0.3) is 0 Å². The van der Waals surface area contributed by atoms with Crippen molar-refractivity contribution in [2.75, 3.05) is 0 Å². The first-order valence-electron chi connectivity index (χ1n) is 1.57. The summed E-state index contributed by atoms with van der Waals surface area (Å²) in [4.78, 5) is 0. The third kappa shape index (κ3) is 1.97. The zero-order valence-corrected chi connectivity index (χ0v) is 4.65. The molecule has 0 rings (SSSR count). The topological polar surface area (TPSA) is 0 Å². The molecule has 8 heteroatoms. The van der Waals surface area contributed by atoms with Gasteiger partial charge in [-0.1, -0.05) is 0 Å². The minimum absolute atomic E-state index is 6.64. The molecule has 0 aromatic heterocycles. The fourth-order valence-corrected chi connectivity index (χ4v) is 0. The maximum atomic E-state index is 10.6. The van der Waals surface area contributed by atoms with Crippen molar-refractivity contribution in [2.45, 2.75) is 5.92 Å². The van der Waals surface area contributed by atoms with Gasteiger partial charge in [0.2, 0.25) is 0 Å². The van der Waals surface area contributed by atoms with Crippen LogP contribution in [0.3, 0.4) is 0 Å². The first-order chi connectivity index (χ1) is 3.51. The standard InChI is InChI=1S/CHF7P/c2-1(3,4)9(5,6,7)8/h9H/q-1. The van der Waals surface area contributed by atoms with Crippen molar-refractivity contribution < 1.29 is 30.0 Å². The molecule has 0 atom stereocenters. The Morgan fingerprint density at radius 1 is 0.778 bits per heavy atom. The van der Waals surface area contributed by atoms with Gasteiger partial charge in [0.1, 0.15) is 0 Å². The second kappa shape index (κ2) is 1.51. The average molecular weight is 177 g/mol. The number of alkyl halides is 3. The quantitative estimate of drug-likeness (QED) is 0.393. The van der Waals surface area contributed by atoms with Crippen LogP contribution in [0, 0.1) is 0 Å². The molecule has 0 radical (unpaired) electrons. The van der Waals surface area contributed by atoms with E-state index in [1.54, 1.807) is 0 Å². The Morgan fingerprint density at radius 2 is 0.889 bits per heavy atom. The van der Waals surface area contributed by atoms with Gasteiger partial charge in [-0.3, -0.25) is 0 Å². The third-order valence-electron chi connectivity index (χ3n) is 0.429. The van der Waals surface area contributed by atoms with Crippen molar-refractivity contribution >= 4 is 7.85 Å². The van der Waals surface area contributed by atoms with Crippen LogP contribution in [0.2, 0.25) is 0 Å². The molecule has 0 saturated carbocycles. The molecule has 0 bridgehead atoms. The zero-order chi connectivity index (χ0) is 7.95. The molecule has 0 aromatic carbocycles. The summed E-state index contributed by atoms with van der Waals surface area (Å²) < 4.78 is 74.0. The number of rotatable bonds is 0. The summed E-state index contributed by atoms with van der Waals surface area (Å²) in [6.07, 6.45) is 0. The number of halogens is 7. The third-order valence-corrected chi connectivity index (χ3v) is 1.29. The molecule has 0 aromatic rings. The van der Waals surface area contributed by atoms with Crippen molar-refractivity contribution in [3.8, 4) is 0 Å². The van der Waals surface area contributed by atoms with Gasteiger partial charge in [-0.05, 0) is 0 Å². The van der Waals surface area contributed by atoms with Gasteiger partial charge in [-0.2, -0.15) is 0 Å². The van der Waals surface area contributed by atoms with E-state index in [0.29, 0.717) is 0 Å². The minimum atomic E-state index is -9.54. The second-order valence-corrected chi connectivity index (χ2v) is 3.48. The van der Waals surface area contributed by atoms with Crippen LogP contribution < -0.4 is 0 Å². The Kier molecular flexibility index (Phi) is 1.50. The van der Waals surface area contributed by atoms with E-state index in [9.17, 15) is 30.0 Å². The van der Waals surface area contributed by atoms with Crippen molar-refractivity contribution in [1.29, 1.82) is 0 Å². The molecule has 0 heterocycles. The molecular weight excluding hydrogens is 176 g/mol. The van der Waals surface area contributed by atoms with Gasteiger partial charge in [-0.15, -0.1) is 0 Å². The molecule has 0 amide bonds. The molecule has 0 nitrogen and oxygen atoms in total. The molecule has 0 saturated heterocycles. The summed E-state index contributed by atoms with van der Waals surface area (Å²) in [5, 5.41) is 0. The van der Waals surface area contributed by atoms with Crippen molar-refractivity contribution in [2.24, 2.45) is 0 Å². The number of hydrogen-bond acceptors (Lipinski definition) is 0. The SMILES string of the molecule is FC(F)(F)[PH-](F)(F)(F)F. The molecule has 0 spiro atoms. The van der Waals surface area contributed by atoms with E-state index in [4.69, 9.17) is 0 Å². The van der Waals surface area contributed by atoms with Crippen molar-refractivity contribution in [3.63, 3.8) is 0 Å². The average Bonchev–Trinajstić information content (AvgIpc) is 1.20. The fraction of sp³-hybridized carbons (Fsp3) is 1.00. The normalized spacial score (nSPS) is 18.8. The molecular formula is CHF7P-. The predicted octanol–water partition coefficient (Wildman–Crippen LogP) is 3.33. The Hall–Kier alpha value is -0.0600. The van der Waals surface area contributed by atoms with Gasteiger partial charge >= 0.3 is 43.7 Å². The van der Waals surface area contributed by atoms with Crippen LogP contribution >= 0.6 is 7.85 Å². The molecule has 9 heavy (non-hydrogen) atoms. The molecule has 0 aliphatic rings. The van der Waals surface area contributed by atoms with Gasteiger partial charge < -0.3 is 0 Å². The van der Waals surface area contributed by atoms with Crippen molar-refractivity contribution in [3.05, 3.63) is 0 Å². The van der Waals surface area contributed by atoms with Gasteiger partial charge in [0.15, 0.2) is 0 Å². The zero-order valence-electron chi connectivity index (χ0n) is 3.65. The van der Waals surface area contributed by atoms with E-state index in [1.807, 2.05) is 0 Å². The van der Waals surface area contributed by atoms with Gasteiger partial charge in [0, 0.05) is 0 Å². The van der Waals surface area contributed by atoms with Crippen LogP contribution in [-0.4, -0.2) is 5.92 Å². The molecule has 0 aliphatic heterocycles. The second-order valence-electron chi connectivity index (χ2n) is 1.30. The van der Waals surface area contributed by atoms with Gasteiger partial charge in [0.25, 0.3) is 0 Å². The van der Waals surface area contributed by atoms with Crippen LogP contribution in [0.15, 0.2) is 0 Å². The Morgan fingerprint density at radius 3 is 0.889 bits per heavy atom. The monoisotopic (exact) mass is 177 g/mol. The molecule has 0 unspecified atom stereocenters. The van der Waals surface area contributed by atoms with E-state index >= 15 is 0 Å². The first kappa shape index (κ1) is 8.94. The Labute approximate surface area is 45.1 Å². The Balaban J connectivity index is 4.56. The van der Waals surface area contributed by atoms with E-state index in [2.05, 4.69) is 0 Å². The summed E-state index contributed by atoms with van der Waals surface area (Å²) in [6.45, 7) is 0.